The van der Waals surface area contributed by atoms with Gasteiger partial charge in [0.1, 0.15) is 0 Å². The zero-order valence-electron chi connectivity index (χ0n) is 11.9. The molecular weight excluding hydrogens is 240 g/mol. The molecule has 2 rings (SSSR count). The quantitative estimate of drug-likeness (QED) is 0.721. The Morgan fingerprint density at radius 2 is 2.00 bits per heavy atom. The number of nitrogens with zero attached hydrogens (tertiary/aromatic N) is 1. The van der Waals surface area contributed by atoms with Crippen LogP contribution in [0.4, 0.5) is 0 Å². The van der Waals surface area contributed by atoms with E-state index >= 15 is 0 Å². The van der Waals surface area contributed by atoms with Crippen molar-refractivity contribution in [1.29, 1.82) is 0 Å². The molecule has 0 aromatic heterocycles. The Labute approximate surface area is 117 Å². The summed E-state index contributed by atoms with van der Waals surface area (Å²) in [7, 11) is 0. The van der Waals surface area contributed by atoms with Gasteiger partial charge in [-0.2, -0.15) is 11.8 Å². The minimum absolute atomic E-state index is 0.650. The number of rotatable bonds is 7. The van der Waals surface area contributed by atoms with Gasteiger partial charge in [-0.1, -0.05) is 19.8 Å². The largest absolute Gasteiger partial charge is 0.329 e. The lowest BCUT2D eigenvalue weighted by Gasteiger charge is -2.35. The molecule has 0 aromatic rings. The van der Waals surface area contributed by atoms with E-state index in [9.17, 15) is 0 Å². The van der Waals surface area contributed by atoms with Crippen molar-refractivity contribution in [2.75, 3.05) is 24.6 Å². The molecule has 1 saturated carbocycles. The summed E-state index contributed by atoms with van der Waals surface area (Å²) >= 11 is 2.06. The van der Waals surface area contributed by atoms with E-state index in [0.29, 0.717) is 6.04 Å². The minimum Gasteiger partial charge on any atom is -0.329 e. The fourth-order valence-corrected chi connectivity index (χ4v) is 4.63. The first-order valence-corrected chi connectivity index (χ1v) is 9.05. The highest BCUT2D eigenvalue weighted by Gasteiger charge is 2.36. The van der Waals surface area contributed by atoms with Crippen molar-refractivity contribution < 1.29 is 0 Å². The van der Waals surface area contributed by atoms with Crippen LogP contribution in [0.1, 0.15) is 51.9 Å². The third-order valence-electron chi connectivity index (χ3n) is 4.83. The van der Waals surface area contributed by atoms with Crippen molar-refractivity contribution in [1.82, 2.24) is 4.90 Å². The van der Waals surface area contributed by atoms with Crippen LogP contribution in [0.5, 0.6) is 0 Å². The topological polar surface area (TPSA) is 29.3 Å². The molecule has 2 atom stereocenters. The maximum atomic E-state index is 6.04. The Hall–Kier alpha value is 0.270. The van der Waals surface area contributed by atoms with E-state index in [1.807, 2.05) is 0 Å². The van der Waals surface area contributed by atoms with E-state index in [4.69, 9.17) is 5.73 Å². The number of hydrogen-bond acceptors (Lipinski definition) is 3. The van der Waals surface area contributed by atoms with Crippen LogP contribution in [-0.4, -0.2) is 41.6 Å². The van der Waals surface area contributed by atoms with E-state index in [1.54, 1.807) is 0 Å². The Morgan fingerprint density at radius 1 is 1.22 bits per heavy atom. The van der Waals surface area contributed by atoms with E-state index in [2.05, 4.69) is 23.6 Å². The summed E-state index contributed by atoms with van der Waals surface area (Å²) in [5.74, 6) is 3.51. The zero-order valence-corrected chi connectivity index (χ0v) is 12.8. The van der Waals surface area contributed by atoms with Gasteiger partial charge in [-0.3, -0.25) is 4.90 Å². The molecule has 0 radical (unpaired) electrons. The third-order valence-corrected chi connectivity index (χ3v) is 5.76. The van der Waals surface area contributed by atoms with Gasteiger partial charge in [-0.15, -0.1) is 0 Å². The van der Waals surface area contributed by atoms with E-state index in [1.165, 1.54) is 63.0 Å². The standard InChI is InChI=1S/C15H30N2S/c1-2-18-11-9-14(12-16)17-10-5-8-15(17)13-6-3-4-7-13/h13-15H,2-12,16H2,1H3. The summed E-state index contributed by atoms with van der Waals surface area (Å²) in [5.41, 5.74) is 6.04. The van der Waals surface area contributed by atoms with Crippen molar-refractivity contribution in [3.05, 3.63) is 0 Å². The molecule has 1 saturated heterocycles. The average molecular weight is 270 g/mol. The van der Waals surface area contributed by atoms with Crippen LogP contribution in [0.15, 0.2) is 0 Å². The van der Waals surface area contributed by atoms with Crippen LogP contribution < -0.4 is 5.73 Å². The first-order valence-electron chi connectivity index (χ1n) is 7.90. The van der Waals surface area contributed by atoms with Gasteiger partial charge in [0.05, 0.1) is 0 Å². The molecule has 2 fully saturated rings. The molecule has 3 heteroatoms. The predicted octanol–water partition coefficient (Wildman–Crippen LogP) is 3.11. The summed E-state index contributed by atoms with van der Waals surface area (Å²) in [6.07, 6.45) is 10.0. The molecular formula is C15H30N2S. The lowest BCUT2D eigenvalue weighted by molar-refractivity contribution is 0.135. The number of nitrogens with two attached hydrogens (primary N) is 1. The summed E-state index contributed by atoms with van der Waals surface area (Å²) in [6, 6.07) is 1.52. The molecule has 1 heterocycles. The highest BCUT2D eigenvalue weighted by Crippen LogP contribution is 2.36. The number of likely N-dealkylation sites (tertiary alicyclic amines) is 1. The van der Waals surface area contributed by atoms with E-state index in [-0.39, 0.29) is 0 Å². The van der Waals surface area contributed by atoms with Gasteiger partial charge in [0.2, 0.25) is 0 Å². The van der Waals surface area contributed by atoms with Crippen molar-refractivity contribution in [2.45, 2.75) is 64.0 Å². The molecule has 0 amide bonds. The zero-order chi connectivity index (χ0) is 12.8. The molecule has 2 aliphatic rings. The van der Waals surface area contributed by atoms with E-state index < -0.39 is 0 Å². The first-order chi connectivity index (χ1) is 8.86. The number of hydrogen-bond donors (Lipinski definition) is 1. The summed E-state index contributed by atoms with van der Waals surface area (Å²) in [4.78, 5) is 2.78. The highest BCUT2D eigenvalue weighted by atomic mass is 32.2. The fourth-order valence-electron chi connectivity index (χ4n) is 3.90. The summed E-state index contributed by atoms with van der Waals surface area (Å²) in [6.45, 7) is 4.41. The Morgan fingerprint density at radius 3 is 2.67 bits per heavy atom. The molecule has 0 bridgehead atoms. The smallest absolute Gasteiger partial charge is 0.0229 e. The van der Waals surface area contributed by atoms with Gasteiger partial charge in [-0.05, 0) is 56.1 Å². The van der Waals surface area contributed by atoms with Crippen molar-refractivity contribution >= 4 is 11.8 Å². The predicted molar refractivity (Wildman–Crippen MR) is 82.1 cm³/mol. The molecule has 1 aliphatic heterocycles. The van der Waals surface area contributed by atoms with Crippen molar-refractivity contribution in [3.63, 3.8) is 0 Å². The van der Waals surface area contributed by atoms with Gasteiger partial charge in [-0.25, -0.2) is 0 Å². The molecule has 18 heavy (non-hydrogen) atoms. The monoisotopic (exact) mass is 270 g/mol. The maximum absolute atomic E-state index is 6.04. The van der Waals surface area contributed by atoms with Crippen LogP contribution in [0.2, 0.25) is 0 Å². The molecule has 106 valence electrons. The van der Waals surface area contributed by atoms with Gasteiger partial charge < -0.3 is 5.73 Å². The second kappa shape index (κ2) is 7.76. The highest BCUT2D eigenvalue weighted by molar-refractivity contribution is 7.99. The average Bonchev–Trinajstić information content (AvgIpc) is 3.04. The van der Waals surface area contributed by atoms with Crippen LogP contribution in [0.25, 0.3) is 0 Å². The molecule has 0 spiro atoms. The Balaban J connectivity index is 1.86. The second-order valence-corrected chi connectivity index (χ2v) is 7.26. The number of thioether (sulfide) groups is 1. The normalized spacial score (nSPS) is 28.0. The lowest BCUT2D eigenvalue weighted by Crippen LogP contribution is -2.46. The molecule has 0 aromatic carbocycles. The van der Waals surface area contributed by atoms with Crippen LogP contribution in [-0.2, 0) is 0 Å². The van der Waals surface area contributed by atoms with Crippen molar-refractivity contribution in [3.8, 4) is 0 Å². The van der Waals surface area contributed by atoms with Crippen LogP contribution >= 0.6 is 11.8 Å². The van der Waals surface area contributed by atoms with E-state index in [0.717, 1.165) is 18.5 Å². The van der Waals surface area contributed by atoms with Gasteiger partial charge in [0.25, 0.3) is 0 Å². The second-order valence-electron chi connectivity index (χ2n) is 5.87. The molecule has 2 unspecified atom stereocenters. The van der Waals surface area contributed by atoms with Gasteiger partial charge >= 0.3 is 0 Å². The lowest BCUT2D eigenvalue weighted by atomic mass is 9.95. The first kappa shape index (κ1) is 14.7. The SMILES string of the molecule is CCSCCC(CN)N1CCCC1C1CCCC1. The summed E-state index contributed by atoms with van der Waals surface area (Å²) in [5, 5.41) is 0. The maximum Gasteiger partial charge on any atom is 0.0229 e. The fraction of sp³-hybridized carbons (Fsp3) is 1.00. The minimum atomic E-state index is 0.650. The van der Waals surface area contributed by atoms with Gasteiger partial charge in [0.15, 0.2) is 0 Å². The Kier molecular flexibility index (Phi) is 6.33. The Bertz CT molecular complexity index is 229. The molecule has 1 aliphatic carbocycles. The third kappa shape index (κ3) is 3.64. The van der Waals surface area contributed by atoms with Crippen molar-refractivity contribution in [2.24, 2.45) is 11.7 Å². The molecule has 2 nitrogen and oxygen atoms in total. The van der Waals surface area contributed by atoms with Crippen LogP contribution in [0.3, 0.4) is 0 Å². The van der Waals surface area contributed by atoms with Gasteiger partial charge in [0, 0.05) is 18.6 Å². The van der Waals surface area contributed by atoms with Crippen LogP contribution in [0, 0.1) is 5.92 Å². The molecule has 2 N–H and O–H groups in total. The summed E-state index contributed by atoms with van der Waals surface area (Å²) < 4.78 is 0.